The Labute approximate surface area is 190 Å². The Morgan fingerprint density at radius 2 is 1.91 bits per heavy atom. The van der Waals surface area contributed by atoms with Crippen LogP contribution in [-0.4, -0.2) is 29.9 Å². The first-order valence-corrected chi connectivity index (χ1v) is 10.6. The maximum Gasteiger partial charge on any atom is 0.573 e. The van der Waals surface area contributed by atoms with Gasteiger partial charge in [-0.05, 0) is 59.9 Å². The highest BCUT2D eigenvalue weighted by molar-refractivity contribution is 5.99. The Bertz CT molecular complexity index is 1120. The molecule has 2 aromatic rings. The Kier molecular flexibility index (Phi) is 6.58. The molecular weight excluding hydrogens is 435 g/mol. The first-order chi connectivity index (χ1) is 15.3. The Morgan fingerprint density at radius 3 is 2.52 bits per heavy atom. The second-order valence-corrected chi connectivity index (χ2v) is 8.77. The summed E-state index contributed by atoms with van der Waals surface area (Å²) >= 11 is 0. The van der Waals surface area contributed by atoms with E-state index >= 15 is 0 Å². The van der Waals surface area contributed by atoms with Gasteiger partial charge in [-0.15, -0.1) is 13.2 Å². The number of fused-ring (bicyclic) bond motifs is 1. The summed E-state index contributed by atoms with van der Waals surface area (Å²) in [4.78, 5) is 25.4. The van der Waals surface area contributed by atoms with Gasteiger partial charge in [0.05, 0.1) is 0 Å². The molecule has 0 unspecified atom stereocenters. The van der Waals surface area contributed by atoms with Crippen molar-refractivity contribution < 1.29 is 32.6 Å². The molecular formula is C25H26F3NO4. The molecule has 0 saturated heterocycles. The van der Waals surface area contributed by atoms with Crippen molar-refractivity contribution in [1.82, 2.24) is 0 Å². The van der Waals surface area contributed by atoms with Crippen LogP contribution in [0.4, 0.5) is 18.9 Å². The summed E-state index contributed by atoms with van der Waals surface area (Å²) < 4.78 is 43.6. The second-order valence-electron chi connectivity index (χ2n) is 8.77. The SMILES string of the molecule is CCCN1C(=O)CC(C)(C)c2cc(C)c(-c3cc(/C=C/C(=O)O)ccc3OC(F)(F)F)cc21. The number of alkyl halides is 3. The van der Waals surface area contributed by atoms with E-state index in [1.54, 1.807) is 17.9 Å². The van der Waals surface area contributed by atoms with Gasteiger partial charge in [-0.2, -0.15) is 0 Å². The quantitative estimate of drug-likeness (QED) is 0.529. The largest absolute Gasteiger partial charge is 0.573 e. The van der Waals surface area contributed by atoms with Gasteiger partial charge >= 0.3 is 12.3 Å². The Hall–Kier alpha value is -3.29. The van der Waals surface area contributed by atoms with Gasteiger partial charge in [0.25, 0.3) is 0 Å². The molecule has 3 rings (SSSR count). The van der Waals surface area contributed by atoms with E-state index in [-0.39, 0.29) is 11.5 Å². The van der Waals surface area contributed by atoms with E-state index in [4.69, 9.17) is 5.11 Å². The minimum atomic E-state index is -4.90. The third-order valence-corrected chi connectivity index (χ3v) is 5.64. The van der Waals surface area contributed by atoms with E-state index in [0.29, 0.717) is 29.8 Å². The van der Waals surface area contributed by atoms with Crippen molar-refractivity contribution in [2.24, 2.45) is 0 Å². The molecule has 8 heteroatoms. The summed E-state index contributed by atoms with van der Waals surface area (Å²) in [5.74, 6) is -1.61. The molecule has 176 valence electrons. The lowest BCUT2D eigenvalue weighted by Gasteiger charge is -2.39. The predicted octanol–water partition coefficient (Wildman–Crippen LogP) is 6.08. The number of carboxylic acids is 1. The van der Waals surface area contributed by atoms with Crippen molar-refractivity contribution >= 4 is 23.6 Å². The minimum Gasteiger partial charge on any atom is -0.478 e. The molecule has 0 spiro atoms. The van der Waals surface area contributed by atoms with E-state index in [1.807, 2.05) is 26.8 Å². The van der Waals surface area contributed by atoms with Crippen molar-refractivity contribution in [3.63, 3.8) is 0 Å². The standard InChI is InChI=1S/C25H26F3NO4/c1-5-10-29-20-13-17(15(2)11-19(20)24(3,4)14-22(29)30)18-12-16(7-9-23(31)32)6-8-21(18)33-25(26,27)28/h6-9,11-13H,5,10,14H2,1-4H3,(H,31,32)/b9-7+. The second kappa shape index (κ2) is 8.92. The summed E-state index contributed by atoms with van der Waals surface area (Å²) in [6, 6.07) is 7.63. The van der Waals surface area contributed by atoms with Gasteiger partial charge in [0.1, 0.15) is 5.75 Å². The van der Waals surface area contributed by atoms with Crippen LogP contribution in [0, 0.1) is 6.92 Å². The van der Waals surface area contributed by atoms with Gasteiger partial charge in [-0.25, -0.2) is 4.79 Å². The Balaban J connectivity index is 2.25. The number of benzene rings is 2. The molecule has 5 nitrogen and oxygen atoms in total. The monoisotopic (exact) mass is 461 g/mol. The van der Waals surface area contributed by atoms with Crippen LogP contribution in [-0.2, 0) is 15.0 Å². The number of halogens is 3. The number of ether oxygens (including phenoxy) is 1. The summed E-state index contributed by atoms with van der Waals surface area (Å²) in [5.41, 5.74) is 2.97. The van der Waals surface area contributed by atoms with Crippen LogP contribution in [0.1, 0.15) is 50.3 Å². The normalized spacial score (nSPS) is 15.6. The highest BCUT2D eigenvalue weighted by atomic mass is 19.4. The smallest absolute Gasteiger partial charge is 0.478 e. The molecule has 0 fully saturated rings. The van der Waals surface area contributed by atoms with Crippen LogP contribution >= 0.6 is 0 Å². The molecule has 0 atom stereocenters. The zero-order chi connectivity index (χ0) is 24.6. The van der Waals surface area contributed by atoms with Gasteiger partial charge in [-0.1, -0.05) is 32.9 Å². The summed E-state index contributed by atoms with van der Waals surface area (Å²) in [5, 5.41) is 8.90. The highest BCUT2D eigenvalue weighted by Crippen LogP contribution is 2.45. The van der Waals surface area contributed by atoms with Crippen molar-refractivity contribution in [1.29, 1.82) is 0 Å². The summed E-state index contributed by atoms with van der Waals surface area (Å²) in [6.45, 7) is 8.19. The molecule has 1 aliphatic rings. The third kappa shape index (κ3) is 5.38. The number of anilines is 1. The number of hydrogen-bond donors (Lipinski definition) is 1. The maximum absolute atomic E-state index is 13.1. The predicted molar refractivity (Wildman–Crippen MR) is 120 cm³/mol. The fourth-order valence-corrected chi connectivity index (χ4v) is 4.17. The minimum absolute atomic E-state index is 0.0333. The molecule has 0 aliphatic carbocycles. The van der Waals surface area contributed by atoms with Gasteiger partial charge in [-0.3, -0.25) is 4.79 Å². The maximum atomic E-state index is 13.1. The molecule has 1 heterocycles. The Morgan fingerprint density at radius 1 is 1.21 bits per heavy atom. The van der Waals surface area contributed by atoms with Gasteiger partial charge in [0.2, 0.25) is 5.91 Å². The van der Waals surface area contributed by atoms with Crippen LogP contribution in [0.25, 0.3) is 17.2 Å². The van der Waals surface area contributed by atoms with Crippen molar-refractivity contribution in [3.8, 4) is 16.9 Å². The number of hydrogen-bond acceptors (Lipinski definition) is 3. The van der Waals surface area contributed by atoms with Crippen LogP contribution in [0.15, 0.2) is 36.4 Å². The molecule has 33 heavy (non-hydrogen) atoms. The fraction of sp³-hybridized carbons (Fsp3) is 0.360. The van der Waals surface area contributed by atoms with Crippen LogP contribution < -0.4 is 9.64 Å². The van der Waals surface area contributed by atoms with E-state index in [2.05, 4.69) is 4.74 Å². The lowest BCUT2D eigenvalue weighted by atomic mass is 9.75. The van der Waals surface area contributed by atoms with Gasteiger partial charge in [0.15, 0.2) is 0 Å². The highest BCUT2D eigenvalue weighted by Gasteiger charge is 2.37. The molecule has 1 aliphatic heterocycles. The average molecular weight is 461 g/mol. The third-order valence-electron chi connectivity index (χ3n) is 5.64. The van der Waals surface area contributed by atoms with E-state index in [1.165, 1.54) is 24.3 Å². The molecule has 1 N–H and O–H groups in total. The number of nitrogens with zero attached hydrogens (tertiary/aromatic N) is 1. The van der Waals surface area contributed by atoms with Crippen LogP contribution in [0.3, 0.4) is 0 Å². The number of aryl methyl sites for hydroxylation is 1. The summed E-state index contributed by atoms with van der Waals surface area (Å²) in [7, 11) is 0. The van der Waals surface area contributed by atoms with E-state index in [9.17, 15) is 22.8 Å². The lowest BCUT2D eigenvalue weighted by molar-refractivity contribution is -0.274. The molecule has 1 amide bonds. The summed E-state index contributed by atoms with van der Waals surface area (Å²) in [6.07, 6.45) is -1.62. The van der Waals surface area contributed by atoms with Crippen molar-refractivity contribution in [3.05, 3.63) is 53.1 Å². The molecule has 0 aromatic heterocycles. The number of carbonyl (C=O) groups excluding carboxylic acids is 1. The van der Waals surface area contributed by atoms with E-state index in [0.717, 1.165) is 23.6 Å². The lowest BCUT2D eigenvalue weighted by Crippen LogP contribution is -2.42. The van der Waals surface area contributed by atoms with Gasteiger partial charge in [0, 0.05) is 35.7 Å². The number of carboxylic acid groups (broad SMARTS) is 1. The first-order valence-electron chi connectivity index (χ1n) is 10.6. The van der Waals surface area contributed by atoms with Crippen LogP contribution in [0.5, 0.6) is 5.75 Å². The zero-order valence-corrected chi connectivity index (χ0v) is 18.9. The topological polar surface area (TPSA) is 66.8 Å². The fourth-order valence-electron chi connectivity index (χ4n) is 4.17. The van der Waals surface area contributed by atoms with Gasteiger partial charge < -0.3 is 14.7 Å². The number of carbonyl (C=O) groups is 2. The number of amides is 1. The van der Waals surface area contributed by atoms with Crippen molar-refractivity contribution in [2.45, 2.75) is 52.3 Å². The molecule has 0 radical (unpaired) electrons. The molecule has 0 saturated carbocycles. The zero-order valence-electron chi connectivity index (χ0n) is 18.9. The first kappa shape index (κ1) is 24.4. The van der Waals surface area contributed by atoms with Crippen molar-refractivity contribution in [2.75, 3.05) is 11.4 Å². The van der Waals surface area contributed by atoms with E-state index < -0.39 is 23.5 Å². The molecule has 0 bridgehead atoms. The molecule has 2 aromatic carbocycles. The average Bonchev–Trinajstić information content (AvgIpc) is 2.69. The number of aliphatic carboxylic acids is 1. The number of rotatable bonds is 6. The van der Waals surface area contributed by atoms with Crippen LogP contribution in [0.2, 0.25) is 0 Å².